The number of Topliss-reactive ketones (excluding diaryl/α,β-unsaturated/α-hetero) is 1. The van der Waals surface area contributed by atoms with Crippen molar-refractivity contribution < 1.29 is 4.79 Å². The second-order valence-corrected chi connectivity index (χ2v) is 4.43. The van der Waals surface area contributed by atoms with Gasteiger partial charge in [-0.3, -0.25) is 4.79 Å². The van der Waals surface area contributed by atoms with Gasteiger partial charge in [0.2, 0.25) is 0 Å². The molecule has 0 unspecified atom stereocenters. The van der Waals surface area contributed by atoms with Gasteiger partial charge in [0, 0.05) is 25.9 Å². The minimum absolute atomic E-state index is 0.447. The normalized spacial score (nSPS) is 19.7. The first-order valence-corrected chi connectivity index (χ1v) is 4.78. The second-order valence-electron chi connectivity index (χ2n) is 4.43. The molecule has 2 heteroatoms. The molecule has 0 N–H and O–H groups in total. The number of hydrogen-bond donors (Lipinski definition) is 0. The van der Waals surface area contributed by atoms with Gasteiger partial charge in [0.1, 0.15) is 5.78 Å². The van der Waals surface area contributed by atoms with Crippen molar-refractivity contribution >= 4 is 5.78 Å². The minimum atomic E-state index is 0.447. The lowest BCUT2D eigenvalue weighted by atomic mass is 9.92. The van der Waals surface area contributed by atoms with E-state index in [0.29, 0.717) is 17.6 Å². The molecule has 0 bridgehead atoms. The molecule has 1 heterocycles. The molecule has 0 atom stereocenters. The summed E-state index contributed by atoms with van der Waals surface area (Å²) in [5.41, 5.74) is 0. The van der Waals surface area contributed by atoms with E-state index in [4.69, 9.17) is 0 Å². The number of carbonyl (C=O) groups is 1. The van der Waals surface area contributed by atoms with Crippen LogP contribution in [0.2, 0.25) is 0 Å². The van der Waals surface area contributed by atoms with Crippen LogP contribution in [-0.2, 0) is 4.79 Å². The van der Waals surface area contributed by atoms with Crippen LogP contribution in [0.15, 0.2) is 0 Å². The van der Waals surface area contributed by atoms with Crippen molar-refractivity contribution in [1.82, 2.24) is 4.90 Å². The van der Waals surface area contributed by atoms with Crippen LogP contribution in [0.3, 0.4) is 0 Å². The molecular formula is C10H19NO. The summed E-state index contributed by atoms with van der Waals surface area (Å²) in [6, 6.07) is 0. The highest BCUT2D eigenvalue weighted by atomic mass is 16.1. The molecule has 0 amide bonds. The van der Waals surface area contributed by atoms with Gasteiger partial charge in [-0.15, -0.1) is 0 Å². The second kappa shape index (κ2) is 4.04. The van der Waals surface area contributed by atoms with Crippen LogP contribution < -0.4 is 0 Å². The van der Waals surface area contributed by atoms with Gasteiger partial charge in [-0.05, 0) is 18.9 Å². The number of rotatable bonds is 4. The van der Waals surface area contributed by atoms with Crippen LogP contribution in [0.5, 0.6) is 0 Å². The number of hydrogen-bond acceptors (Lipinski definition) is 2. The Balaban J connectivity index is 2.11. The highest BCUT2D eigenvalue weighted by Gasteiger charge is 2.25. The smallest absolute Gasteiger partial charge is 0.133 e. The molecule has 0 radical (unpaired) electrons. The highest BCUT2D eigenvalue weighted by Crippen LogP contribution is 2.18. The molecular weight excluding hydrogens is 150 g/mol. The summed E-state index contributed by atoms with van der Waals surface area (Å²) in [5.74, 6) is 1.62. The molecule has 70 valence electrons. The standard InChI is InChI=1S/C10H19NO/c1-8(2)4-10(12)5-9-6-11(3)7-9/h8-9H,4-7H2,1-3H3. The average molecular weight is 169 g/mol. The third-order valence-electron chi connectivity index (χ3n) is 2.29. The number of likely N-dealkylation sites (tertiary alicyclic amines) is 1. The SMILES string of the molecule is CC(C)CC(=O)CC1CN(C)C1. The van der Waals surface area contributed by atoms with E-state index >= 15 is 0 Å². The van der Waals surface area contributed by atoms with Crippen LogP contribution >= 0.6 is 0 Å². The zero-order valence-electron chi connectivity index (χ0n) is 8.34. The third kappa shape index (κ3) is 2.94. The zero-order chi connectivity index (χ0) is 9.14. The number of nitrogens with zero attached hydrogens (tertiary/aromatic N) is 1. The van der Waals surface area contributed by atoms with Crippen molar-refractivity contribution in [1.29, 1.82) is 0 Å². The fourth-order valence-electron chi connectivity index (χ4n) is 1.82. The van der Waals surface area contributed by atoms with Crippen LogP contribution in [0.4, 0.5) is 0 Å². The van der Waals surface area contributed by atoms with Gasteiger partial charge in [0.25, 0.3) is 0 Å². The van der Waals surface area contributed by atoms with Gasteiger partial charge in [-0.25, -0.2) is 0 Å². The molecule has 0 aromatic rings. The summed E-state index contributed by atoms with van der Waals surface area (Å²) in [7, 11) is 2.10. The van der Waals surface area contributed by atoms with Crippen molar-refractivity contribution in [2.45, 2.75) is 26.7 Å². The molecule has 0 spiro atoms. The first kappa shape index (κ1) is 9.72. The lowest BCUT2D eigenvalue weighted by Gasteiger charge is -2.35. The summed E-state index contributed by atoms with van der Waals surface area (Å²) in [6.07, 6.45) is 1.57. The maximum atomic E-state index is 11.3. The van der Waals surface area contributed by atoms with Gasteiger partial charge in [-0.1, -0.05) is 13.8 Å². The van der Waals surface area contributed by atoms with Gasteiger partial charge in [0.15, 0.2) is 0 Å². The van der Waals surface area contributed by atoms with E-state index in [1.807, 2.05) is 0 Å². The molecule has 1 aliphatic heterocycles. The van der Waals surface area contributed by atoms with Crippen LogP contribution in [-0.4, -0.2) is 30.8 Å². The van der Waals surface area contributed by atoms with E-state index in [1.54, 1.807) is 0 Å². The first-order valence-electron chi connectivity index (χ1n) is 4.78. The van der Waals surface area contributed by atoms with Crippen LogP contribution in [0, 0.1) is 11.8 Å². The maximum absolute atomic E-state index is 11.3. The zero-order valence-corrected chi connectivity index (χ0v) is 8.34. The lowest BCUT2D eigenvalue weighted by Crippen LogP contribution is -2.44. The summed E-state index contributed by atoms with van der Waals surface area (Å²) in [6.45, 7) is 6.43. The van der Waals surface area contributed by atoms with E-state index < -0.39 is 0 Å². The molecule has 2 nitrogen and oxygen atoms in total. The van der Waals surface area contributed by atoms with E-state index in [-0.39, 0.29) is 0 Å². The van der Waals surface area contributed by atoms with Crippen molar-refractivity contribution in [2.75, 3.05) is 20.1 Å². The van der Waals surface area contributed by atoms with Gasteiger partial charge >= 0.3 is 0 Å². The van der Waals surface area contributed by atoms with Crippen molar-refractivity contribution in [2.24, 2.45) is 11.8 Å². The summed E-state index contributed by atoms with van der Waals surface area (Å²) in [5, 5.41) is 0. The lowest BCUT2D eigenvalue weighted by molar-refractivity contribution is -0.121. The topological polar surface area (TPSA) is 20.3 Å². The Labute approximate surface area is 74.9 Å². The Bertz CT molecular complexity index is 159. The quantitative estimate of drug-likeness (QED) is 0.636. The van der Waals surface area contributed by atoms with Gasteiger partial charge in [-0.2, -0.15) is 0 Å². The molecule has 0 aromatic heterocycles. The van der Waals surface area contributed by atoms with E-state index in [1.165, 1.54) is 0 Å². The van der Waals surface area contributed by atoms with E-state index in [0.717, 1.165) is 25.9 Å². The summed E-state index contributed by atoms with van der Waals surface area (Å²) in [4.78, 5) is 13.6. The largest absolute Gasteiger partial charge is 0.306 e. The Morgan fingerprint density at radius 1 is 1.50 bits per heavy atom. The Hall–Kier alpha value is -0.370. The van der Waals surface area contributed by atoms with Crippen molar-refractivity contribution in [3.05, 3.63) is 0 Å². The average Bonchev–Trinajstić information content (AvgIpc) is 1.82. The number of ketones is 1. The minimum Gasteiger partial charge on any atom is -0.306 e. The predicted molar refractivity (Wildman–Crippen MR) is 50.1 cm³/mol. The van der Waals surface area contributed by atoms with Gasteiger partial charge in [0.05, 0.1) is 0 Å². The first-order chi connectivity index (χ1) is 5.58. The van der Waals surface area contributed by atoms with Crippen LogP contribution in [0.1, 0.15) is 26.7 Å². The predicted octanol–water partition coefficient (Wildman–Crippen LogP) is 1.55. The molecule has 12 heavy (non-hydrogen) atoms. The van der Waals surface area contributed by atoms with Crippen LogP contribution in [0.25, 0.3) is 0 Å². The molecule has 0 aliphatic carbocycles. The third-order valence-corrected chi connectivity index (χ3v) is 2.29. The highest BCUT2D eigenvalue weighted by molar-refractivity contribution is 5.78. The molecule has 1 aliphatic rings. The number of carbonyl (C=O) groups excluding carboxylic acids is 1. The van der Waals surface area contributed by atoms with E-state index in [2.05, 4.69) is 25.8 Å². The van der Waals surface area contributed by atoms with Crippen molar-refractivity contribution in [3.63, 3.8) is 0 Å². The Morgan fingerprint density at radius 3 is 2.50 bits per heavy atom. The molecule has 1 rings (SSSR count). The fourth-order valence-corrected chi connectivity index (χ4v) is 1.82. The molecule has 1 fully saturated rings. The molecule has 0 saturated carbocycles. The Morgan fingerprint density at radius 2 is 2.08 bits per heavy atom. The maximum Gasteiger partial charge on any atom is 0.133 e. The van der Waals surface area contributed by atoms with Crippen molar-refractivity contribution in [3.8, 4) is 0 Å². The summed E-state index contributed by atoms with van der Waals surface area (Å²) < 4.78 is 0. The summed E-state index contributed by atoms with van der Waals surface area (Å²) >= 11 is 0. The molecule has 1 saturated heterocycles. The monoisotopic (exact) mass is 169 g/mol. The van der Waals surface area contributed by atoms with Gasteiger partial charge < -0.3 is 4.90 Å². The Kier molecular flexibility index (Phi) is 3.27. The molecule has 0 aromatic carbocycles. The fraction of sp³-hybridized carbons (Fsp3) is 0.900. The van der Waals surface area contributed by atoms with E-state index in [9.17, 15) is 4.79 Å².